The Morgan fingerprint density at radius 2 is 1.58 bits per heavy atom. The molecule has 3 nitrogen and oxygen atoms in total. The Morgan fingerprint density at radius 3 is 1.92 bits per heavy atom. The molecule has 0 bridgehead atoms. The van der Waals surface area contributed by atoms with Crippen LogP contribution in [0.25, 0.3) is 0 Å². The van der Waals surface area contributed by atoms with Gasteiger partial charge in [0.2, 0.25) is 0 Å². The Bertz CT molecular complexity index is 128. The van der Waals surface area contributed by atoms with Gasteiger partial charge in [0.25, 0.3) is 0 Å². The zero-order chi connectivity index (χ0) is 9.45. The summed E-state index contributed by atoms with van der Waals surface area (Å²) in [4.78, 5) is 0. The highest BCUT2D eigenvalue weighted by molar-refractivity contribution is 6.61. The highest BCUT2D eigenvalue weighted by Gasteiger charge is 2.35. The molecule has 0 heterocycles. The highest BCUT2D eigenvalue weighted by Crippen LogP contribution is 2.12. The van der Waals surface area contributed by atoms with Crippen molar-refractivity contribution >= 4 is 20.4 Å². The molecule has 0 amide bonds. The van der Waals surface area contributed by atoms with E-state index in [1.807, 2.05) is 12.2 Å². The van der Waals surface area contributed by atoms with Gasteiger partial charge in [0.05, 0.1) is 0 Å². The van der Waals surface area contributed by atoms with Crippen molar-refractivity contribution in [2.75, 3.05) is 27.2 Å². The summed E-state index contributed by atoms with van der Waals surface area (Å²) < 4.78 is 15.5. The van der Waals surface area contributed by atoms with Gasteiger partial charge in [-0.15, -0.1) is 11.6 Å². The third kappa shape index (κ3) is 3.69. The molecule has 0 aliphatic carbocycles. The highest BCUT2D eigenvalue weighted by atomic mass is 35.5. The van der Waals surface area contributed by atoms with Crippen LogP contribution in [0.1, 0.15) is 0 Å². The number of hydrogen-bond acceptors (Lipinski definition) is 3. The second kappa shape index (κ2) is 6.62. The Labute approximate surface area is 79.6 Å². The second-order valence-electron chi connectivity index (χ2n) is 2.13. The van der Waals surface area contributed by atoms with E-state index in [0.29, 0.717) is 11.9 Å². The molecular formula is C7H15ClO3Si. The minimum atomic E-state index is -2.40. The molecule has 0 radical (unpaired) electrons. The maximum atomic E-state index is 5.47. The zero-order valence-corrected chi connectivity index (χ0v) is 9.43. The predicted octanol–water partition coefficient (Wildman–Crippen LogP) is 1.66. The first-order valence-corrected chi connectivity index (χ1v) is 6.07. The third-order valence-electron chi connectivity index (χ3n) is 1.56. The number of rotatable bonds is 6. The van der Waals surface area contributed by atoms with Gasteiger partial charge in [-0.2, -0.15) is 0 Å². The Balaban J connectivity index is 4.01. The summed E-state index contributed by atoms with van der Waals surface area (Å²) in [5, 5.41) is 0. The lowest BCUT2D eigenvalue weighted by atomic mass is 10.6. The molecule has 0 aromatic heterocycles. The van der Waals surface area contributed by atoms with Crippen LogP contribution in [0, 0.1) is 0 Å². The molecule has 0 fully saturated rings. The largest absolute Gasteiger partial charge is 0.504 e. The molecule has 0 atom stereocenters. The van der Waals surface area contributed by atoms with E-state index in [1.54, 1.807) is 21.3 Å². The van der Waals surface area contributed by atoms with Crippen LogP contribution in [0.4, 0.5) is 0 Å². The Hall–Kier alpha value is 0.127. The van der Waals surface area contributed by atoms with Gasteiger partial charge in [-0.05, 0) is 0 Å². The van der Waals surface area contributed by atoms with Crippen LogP contribution in [0.5, 0.6) is 0 Å². The van der Waals surface area contributed by atoms with Crippen molar-refractivity contribution in [3.8, 4) is 0 Å². The van der Waals surface area contributed by atoms with E-state index >= 15 is 0 Å². The van der Waals surface area contributed by atoms with E-state index in [0.717, 1.165) is 0 Å². The fraction of sp³-hybridized carbons (Fsp3) is 0.714. The quantitative estimate of drug-likeness (QED) is 0.379. The molecule has 0 unspecified atom stereocenters. The Morgan fingerprint density at radius 1 is 1.08 bits per heavy atom. The van der Waals surface area contributed by atoms with Crippen LogP contribution >= 0.6 is 11.6 Å². The van der Waals surface area contributed by atoms with Crippen molar-refractivity contribution in [3.05, 3.63) is 12.2 Å². The second-order valence-corrected chi connectivity index (χ2v) is 5.43. The van der Waals surface area contributed by atoms with Crippen molar-refractivity contribution in [1.82, 2.24) is 0 Å². The monoisotopic (exact) mass is 210 g/mol. The molecule has 0 saturated carbocycles. The van der Waals surface area contributed by atoms with Crippen LogP contribution in [0.15, 0.2) is 12.2 Å². The topological polar surface area (TPSA) is 27.7 Å². The molecule has 0 aliphatic rings. The first-order chi connectivity index (χ1) is 5.74. The van der Waals surface area contributed by atoms with Crippen molar-refractivity contribution in [2.24, 2.45) is 0 Å². The molecule has 0 N–H and O–H groups in total. The molecule has 0 saturated heterocycles. The van der Waals surface area contributed by atoms with Crippen molar-refractivity contribution in [2.45, 2.75) is 6.04 Å². The molecule has 72 valence electrons. The lowest BCUT2D eigenvalue weighted by molar-refractivity contribution is 0.127. The smallest absolute Gasteiger partial charge is 0.377 e. The number of hydrogen-bond donors (Lipinski definition) is 0. The van der Waals surface area contributed by atoms with Crippen LogP contribution in [0.2, 0.25) is 6.04 Å². The average molecular weight is 211 g/mol. The average Bonchev–Trinajstić information content (AvgIpc) is 2.14. The van der Waals surface area contributed by atoms with E-state index in [-0.39, 0.29) is 0 Å². The van der Waals surface area contributed by atoms with Crippen molar-refractivity contribution < 1.29 is 13.3 Å². The normalized spacial score (nSPS) is 12.7. The van der Waals surface area contributed by atoms with Gasteiger partial charge in [-0.3, -0.25) is 0 Å². The van der Waals surface area contributed by atoms with E-state index in [4.69, 9.17) is 24.9 Å². The SMILES string of the molecule is CO[Si](CC=CCCl)(OC)OC. The first kappa shape index (κ1) is 12.1. The molecule has 0 aromatic carbocycles. The lowest BCUT2D eigenvalue weighted by Crippen LogP contribution is -2.42. The molecule has 0 aromatic rings. The molecule has 5 heteroatoms. The lowest BCUT2D eigenvalue weighted by Gasteiger charge is -2.22. The van der Waals surface area contributed by atoms with E-state index in [1.165, 1.54) is 0 Å². The zero-order valence-electron chi connectivity index (χ0n) is 7.67. The fourth-order valence-electron chi connectivity index (χ4n) is 0.791. The summed E-state index contributed by atoms with van der Waals surface area (Å²) in [6, 6.07) is 0.656. The first-order valence-electron chi connectivity index (χ1n) is 3.61. The number of allylic oxidation sites excluding steroid dienone is 2. The van der Waals surface area contributed by atoms with Gasteiger partial charge in [-0.1, -0.05) is 12.2 Å². The summed E-state index contributed by atoms with van der Waals surface area (Å²) in [6.07, 6.45) is 3.76. The van der Waals surface area contributed by atoms with Gasteiger partial charge in [0.15, 0.2) is 0 Å². The summed E-state index contributed by atoms with van der Waals surface area (Å²) in [5.74, 6) is 0.502. The van der Waals surface area contributed by atoms with Crippen LogP contribution < -0.4 is 0 Å². The molecular weight excluding hydrogens is 196 g/mol. The van der Waals surface area contributed by atoms with Crippen LogP contribution in [-0.2, 0) is 13.3 Å². The molecule has 0 spiro atoms. The van der Waals surface area contributed by atoms with Crippen molar-refractivity contribution in [1.29, 1.82) is 0 Å². The molecule has 12 heavy (non-hydrogen) atoms. The summed E-state index contributed by atoms with van der Waals surface area (Å²) in [6.45, 7) is 0. The third-order valence-corrected chi connectivity index (χ3v) is 4.34. The van der Waals surface area contributed by atoms with E-state index in [9.17, 15) is 0 Å². The summed E-state index contributed by atoms with van der Waals surface area (Å²) >= 11 is 5.47. The molecule has 0 aliphatic heterocycles. The maximum Gasteiger partial charge on any atom is 0.504 e. The fourth-order valence-corrected chi connectivity index (χ4v) is 2.37. The van der Waals surface area contributed by atoms with Crippen molar-refractivity contribution in [3.63, 3.8) is 0 Å². The predicted molar refractivity (Wildman–Crippen MR) is 51.4 cm³/mol. The molecule has 0 rings (SSSR count). The van der Waals surface area contributed by atoms with E-state index in [2.05, 4.69) is 0 Å². The van der Waals surface area contributed by atoms with Gasteiger partial charge in [-0.25, -0.2) is 0 Å². The van der Waals surface area contributed by atoms with Gasteiger partial charge < -0.3 is 13.3 Å². The Kier molecular flexibility index (Phi) is 6.69. The van der Waals surface area contributed by atoms with E-state index < -0.39 is 8.80 Å². The van der Waals surface area contributed by atoms with Gasteiger partial charge in [0, 0.05) is 33.3 Å². The summed E-state index contributed by atoms with van der Waals surface area (Å²) in [7, 11) is 2.37. The minimum absolute atomic E-state index is 0.502. The standard InChI is InChI=1S/C7H15ClO3Si/c1-9-12(10-2,11-3)7-5-4-6-8/h4-5H,6-7H2,1-3H3. The van der Waals surface area contributed by atoms with Gasteiger partial charge >= 0.3 is 8.80 Å². The maximum absolute atomic E-state index is 5.47. The van der Waals surface area contributed by atoms with Crippen LogP contribution in [-0.4, -0.2) is 36.0 Å². The minimum Gasteiger partial charge on any atom is -0.377 e. The number of halogens is 1. The summed E-state index contributed by atoms with van der Waals surface area (Å²) in [5.41, 5.74) is 0. The van der Waals surface area contributed by atoms with Crippen LogP contribution in [0.3, 0.4) is 0 Å². The van der Waals surface area contributed by atoms with Gasteiger partial charge in [0.1, 0.15) is 0 Å². The number of alkyl halides is 1.